The van der Waals surface area contributed by atoms with Gasteiger partial charge in [0.15, 0.2) is 0 Å². The number of hydrogen-bond donors (Lipinski definition) is 1. The second kappa shape index (κ2) is 12.6. The van der Waals surface area contributed by atoms with Crippen LogP contribution in [-0.2, 0) is 4.79 Å². The van der Waals surface area contributed by atoms with Crippen LogP contribution in [0, 0.1) is 17.8 Å². The Morgan fingerprint density at radius 3 is 2.39 bits per heavy atom. The molecule has 1 saturated carbocycles. The van der Waals surface area contributed by atoms with Crippen LogP contribution in [0.15, 0.2) is 24.3 Å². The Morgan fingerprint density at radius 2 is 1.76 bits per heavy atom. The van der Waals surface area contributed by atoms with Crippen LogP contribution in [0.4, 0.5) is 5.69 Å². The highest BCUT2D eigenvalue weighted by Gasteiger charge is 2.33. The molecule has 0 bridgehead atoms. The van der Waals surface area contributed by atoms with E-state index < -0.39 is 0 Å². The maximum absolute atomic E-state index is 12.9. The first kappa shape index (κ1) is 25.9. The third kappa shape index (κ3) is 7.91. The molecule has 5 nitrogen and oxygen atoms in total. The summed E-state index contributed by atoms with van der Waals surface area (Å²) in [6, 6.07) is 8.60. The topological polar surface area (TPSA) is 58.8 Å². The molecule has 1 aliphatic carbocycles. The first-order valence-electron chi connectivity index (χ1n) is 13.4. The molecule has 0 spiro atoms. The standard InChI is InChI=1S/C28H47N3O2/c1-21(2)14-17-31(25-15-16-30(19-25)28(32)27(29)18-22(3)4)24-10-12-26(13-11-24)33-20-23-8-6-5-7-9-23/h10-13,21-23,25,27H,5-9,14-20,29H2,1-4H3. The minimum Gasteiger partial charge on any atom is -0.493 e. The molecule has 1 amide bonds. The third-order valence-corrected chi connectivity index (χ3v) is 7.28. The number of anilines is 1. The summed E-state index contributed by atoms with van der Waals surface area (Å²) in [4.78, 5) is 17.4. The van der Waals surface area contributed by atoms with Crippen molar-refractivity contribution in [1.29, 1.82) is 0 Å². The molecular weight excluding hydrogens is 410 g/mol. The number of ether oxygens (including phenoxy) is 1. The minimum absolute atomic E-state index is 0.112. The summed E-state index contributed by atoms with van der Waals surface area (Å²) in [5.74, 6) is 2.87. The van der Waals surface area contributed by atoms with Gasteiger partial charge >= 0.3 is 0 Å². The summed E-state index contributed by atoms with van der Waals surface area (Å²) in [6.07, 6.45) is 9.57. The molecule has 186 valence electrons. The van der Waals surface area contributed by atoms with E-state index in [-0.39, 0.29) is 11.9 Å². The predicted octanol–water partition coefficient (Wildman–Crippen LogP) is 5.47. The Labute approximate surface area is 202 Å². The first-order chi connectivity index (χ1) is 15.8. The van der Waals surface area contributed by atoms with Crippen molar-refractivity contribution >= 4 is 11.6 Å². The summed E-state index contributed by atoms with van der Waals surface area (Å²) >= 11 is 0. The number of nitrogens with zero attached hydrogens (tertiary/aromatic N) is 2. The molecule has 1 aliphatic heterocycles. The Hall–Kier alpha value is -1.75. The SMILES string of the molecule is CC(C)CCN(c1ccc(OCC2CCCCC2)cc1)C1CCN(C(=O)C(N)CC(C)C)C1. The smallest absolute Gasteiger partial charge is 0.239 e. The maximum Gasteiger partial charge on any atom is 0.239 e. The highest BCUT2D eigenvalue weighted by Crippen LogP contribution is 2.28. The van der Waals surface area contributed by atoms with E-state index in [0.717, 1.165) is 51.3 Å². The lowest BCUT2D eigenvalue weighted by Crippen LogP contribution is -2.45. The molecule has 0 radical (unpaired) electrons. The van der Waals surface area contributed by atoms with Crippen LogP contribution in [0.2, 0.25) is 0 Å². The maximum atomic E-state index is 12.9. The van der Waals surface area contributed by atoms with E-state index in [9.17, 15) is 4.79 Å². The zero-order chi connectivity index (χ0) is 23.8. The van der Waals surface area contributed by atoms with Crippen LogP contribution in [0.3, 0.4) is 0 Å². The molecule has 0 aromatic heterocycles. The van der Waals surface area contributed by atoms with Gasteiger partial charge in [0, 0.05) is 31.4 Å². The van der Waals surface area contributed by atoms with Crippen LogP contribution in [0.1, 0.15) is 79.1 Å². The number of amides is 1. The monoisotopic (exact) mass is 457 g/mol. The van der Waals surface area contributed by atoms with Crippen molar-refractivity contribution in [2.24, 2.45) is 23.5 Å². The molecule has 2 aliphatic rings. The van der Waals surface area contributed by atoms with E-state index in [2.05, 4.69) is 56.9 Å². The highest BCUT2D eigenvalue weighted by atomic mass is 16.5. The molecule has 33 heavy (non-hydrogen) atoms. The number of carbonyl (C=O) groups excluding carboxylic acids is 1. The van der Waals surface area contributed by atoms with Gasteiger partial charge in [0.1, 0.15) is 5.75 Å². The van der Waals surface area contributed by atoms with Crippen LogP contribution in [0.25, 0.3) is 0 Å². The summed E-state index contributed by atoms with van der Waals surface area (Å²) in [6.45, 7) is 12.2. The lowest BCUT2D eigenvalue weighted by molar-refractivity contribution is -0.131. The third-order valence-electron chi connectivity index (χ3n) is 7.28. The Balaban J connectivity index is 1.61. The molecule has 2 N–H and O–H groups in total. The zero-order valence-corrected chi connectivity index (χ0v) is 21.5. The van der Waals surface area contributed by atoms with E-state index >= 15 is 0 Å². The Kier molecular flexibility index (Phi) is 9.91. The van der Waals surface area contributed by atoms with Gasteiger partial charge in [-0.15, -0.1) is 0 Å². The van der Waals surface area contributed by atoms with Crippen LogP contribution in [0.5, 0.6) is 5.75 Å². The number of nitrogens with two attached hydrogens (primary N) is 1. The minimum atomic E-state index is -0.381. The first-order valence-corrected chi connectivity index (χ1v) is 13.4. The lowest BCUT2D eigenvalue weighted by atomic mass is 9.90. The van der Waals surface area contributed by atoms with Crippen molar-refractivity contribution in [1.82, 2.24) is 4.90 Å². The Morgan fingerprint density at radius 1 is 1.06 bits per heavy atom. The molecule has 3 rings (SSSR count). The van der Waals surface area contributed by atoms with Gasteiger partial charge in [-0.25, -0.2) is 0 Å². The van der Waals surface area contributed by atoms with Gasteiger partial charge < -0.3 is 20.3 Å². The molecule has 2 fully saturated rings. The number of likely N-dealkylation sites (tertiary alicyclic amines) is 1. The van der Waals surface area contributed by atoms with Gasteiger partial charge in [0.2, 0.25) is 5.91 Å². The van der Waals surface area contributed by atoms with Gasteiger partial charge in [-0.1, -0.05) is 47.0 Å². The number of rotatable bonds is 11. The highest BCUT2D eigenvalue weighted by molar-refractivity contribution is 5.82. The van der Waals surface area contributed by atoms with E-state index in [4.69, 9.17) is 10.5 Å². The van der Waals surface area contributed by atoms with E-state index in [0.29, 0.717) is 23.8 Å². The predicted molar refractivity (Wildman–Crippen MR) is 138 cm³/mol. The average molecular weight is 458 g/mol. The molecule has 1 aromatic carbocycles. The summed E-state index contributed by atoms with van der Waals surface area (Å²) in [5, 5.41) is 0. The summed E-state index contributed by atoms with van der Waals surface area (Å²) in [5.41, 5.74) is 7.44. The summed E-state index contributed by atoms with van der Waals surface area (Å²) in [7, 11) is 0. The van der Waals surface area contributed by atoms with Gasteiger partial charge in [-0.3, -0.25) is 4.79 Å². The zero-order valence-electron chi connectivity index (χ0n) is 21.5. The largest absolute Gasteiger partial charge is 0.493 e. The fourth-order valence-corrected chi connectivity index (χ4v) is 5.26. The van der Waals surface area contributed by atoms with Gasteiger partial charge in [-0.05, 0) is 74.1 Å². The van der Waals surface area contributed by atoms with Crippen molar-refractivity contribution in [3.8, 4) is 5.75 Å². The van der Waals surface area contributed by atoms with E-state index in [1.54, 1.807) is 0 Å². The number of hydrogen-bond acceptors (Lipinski definition) is 4. The van der Waals surface area contributed by atoms with Crippen molar-refractivity contribution in [3.05, 3.63) is 24.3 Å². The molecule has 2 atom stereocenters. The van der Waals surface area contributed by atoms with E-state index in [1.165, 1.54) is 37.8 Å². The van der Waals surface area contributed by atoms with Crippen LogP contribution in [-0.4, -0.2) is 49.1 Å². The number of carbonyl (C=O) groups is 1. The quantitative estimate of drug-likeness (QED) is 0.478. The molecule has 1 aromatic rings. The second-order valence-corrected chi connectivity index (χ2v) is 11.1. The normalized spacial score (nSPS) is 20.5. The lowest BCUT2D eigenvalue weighted by Gasteiger charge is -2.32. The summed E-state index contributed by atoms with van der Waals surface area (Å²) < 4.78 is 6.13. The van der Waals surface area contributed by atoms with Gasteiger partial charge in [-0.2, -0.15) is 0 Å². The molecular formula is C28H47N3O2. The molecule has 5 heteroatoms. The second-order valence-electron chi connectivity index (χ2n) is 11.1. The average Bonchev–Trinajstić information content (AvgIpc) is 3.28. The number of benzene rings is 1. The fourth-order valence-electron chi connectivity index (χ4n) is 5.26. The fraction of sp³-hybridized carbons (Fsp3) is 0.750. The molecule has 1 heterocycles. The van der Waals surface area contributed by atoms with Crippen LogP contribution >= 0.6 is 0 Å². The van der Waals surface area contributed by atoms with Gasteiger partial charge in [0.25, 0.3) is 0 Å². The van der Waals surface area contributed by atoms with Crippen molar-refractivity contribution < 1.29 is 9.53 Å². The molecule has 2 unspecified atom stereocenters. The van der Waals surface area contributed by atoms with Crippen molar-refractivity contribution in [3.63, 3.8) is 0 Å². The Bertz CT molecular complexity index is 712. The van der Waals surface area contributed by atoms with E-state index in [1.807, 2.05) is 4.90 Å². The van der Waals surface area contributed by atoms with Crippen LogP contribution < -0.4 is 15.4 Å². The van der Waals surface area contributed by atoms with Crippen molar-refractivity contribution in [2.45, 2.75) is 91.1 Å². The van der Waals surface area contributed by atoms with Gasteiger partial charge in [0.05, 0.1) is 12.6 Å². The molecule has 1 saturated heterocycles. The van der Waals surface area contributed by atoms with Crippen molar-refractivity contribution in [2.75, 3.05) is 31.1 Å².